The lowest BCUT2D eigenvalue weighted by Crippen LogP contribution is -2.53. The van der Waals surface area contributed by atoms with Gasteiger partial charge in [0, 0.05) is 25.3 Å². The molecule has 0 bridgehead atoms. The van der Waals surface area contributed by atoms with Crippen LogP contribution in [0.4, 0.5) is 5.69 Å². The maximum absolute atomic E-state index is 13.5. The molecule has 218 valence electrons. The fraction of sp³-hybridized carbons (Fsp3) is 0.303. The van der Waals surface area contributed by atoms with Crippen LogP contribution in [0, 0.1) is 5.41 Å². The van der Waals surface area contributed by atoms with Crippen LogP contribution in [0.3, 0.4) is 0 Å². The molecule has 2 aliphatic rings. The van der Waals surface area contributed by atoms with Gasteiger partial charge in [-0.15, -0.1) is 0 Å². The van der Waals surface area contributed by atoms with Crippen molar-refractivity contribution in [3.8, 4) is 17.2 Å². The number of rotatable bonds is 5. The number of ether oxygens (including phenoxy) is 2. The molecule has 1 atom stereocenters. The van der Waals surface area contributed by atoms with Gasteiger partial charge in [0.15, 0.2) is 0 Å². The number of piperidine rings is 1. The molecule has 0 saturated carbocycles. The molecule has 1 saturated heterocycles. The number of likely N-dealkylation sites (tertiary alicyclic amines) is 1. The number of nitrogens with zero attached hydrogens (tertiary/aromatic N) is 1. The van der Waals surface area contributed by atoms with E-state index in [1.807, 2.05) is 77.7 Å². The van der Waals surface area contributed by atoms with Gasteiger partial charge in [0.1, 0.15) is 23.9 Å². The smallest absolute Gasteiger partial charge is 0.255 e. The summed E-state index contributed by atoms with van der Waals surface area (Å²) in [5.74, 6) is 1.48. The number of carbonyl (C=O) groups is 3. The fourth-order valence-corrected chi connectivity index (χ4v) is 5.37. The van der Waals surface area contributed by atoms with Crippen molar-refractivity contribution in [2.24, 2.45) is 5.41 Å². The Kier molecular flexibility index (Phi) is 9.51. The maximum Gasteiger partial charge on any atom is 0.255 e. The molecule has 9 heteroatoms. The predicted molar refractivity (Wildman–Crippen MR) is 161 cm³/mol. The van der Waals surface area contributed by atoms with Crippen molar-refractivity contribution in [1.29, 1.82) is 0 Å². The normalized spacial score (nSPS) is 20.7. The fourth-order valence-electron chi connectivity index (χ4n) is 5.37. The summed E-state index contributed by atoms with van der Waals surface area (Å²) >= 11 is 0. The van der Waals surface area contributed by atoms with E-state index in [0.717, 1.165) is 18.7 Å². The van der Waals surface area contributed by atoms with E-state index >= 15 is 0 Å². The molecular formula is C33H36N4O5. The average molecular weight is 569 g/mol. The van der Waals surface area contributed by atoms with Gasteiger partial charge in [0.2, 0.25) is 11.8 Å². The molecule has 3 aromatic rings. The molecule has 9 nitrogen and oxygen atoms in total. The second-order valence-corrected chi connectivity index (χ2v) is 10.6. The SMILES string of the molecule is O=C(CN1CCCC2(C/C=C\COc3ccccc3C(=O)NCCNC2=O)C1)Nc1ccc(Oc2ccccc2)cc1. The van der Waals surface area contributed by atoms with Gasteiger partial charge in [-0.25, -0.2) is 0 Å². The number of nitrogens with one attached hydrogen (secondary N) is 3. The summed E-state index contributed by atoms with van der Waals surface area (Å²) < 4.78 is 11.7. The van der Waals surface area contributed by atoms with Crippen molar-refractivity contribution in [3.05, 3.63) is 96.6 Å². The molecule has 3 aromatic carbocycles. The number of hydrogen-bond acceptors (Lipinski definition) is 6. The third-order valence-electron chi connectivity index (χ3n) is 7.46. The van der Waals surface area contributed by atoms with Crippen LogP contribution in [0.5, 0.6) is 17.2 Å². The standard InChI is InChI=1S/C33H36N4O5/c38-30(36-25-13-15-27(16-14-25)42-26-9-2-1-3-10-26)23-37-21-8-18-33(24-37)17-6-7-22-41-29-12-5-4-11-28(29)31(39)34-19-20-35-32(33)40/h1-7,9-16H,8,17-24H2,(H,34,39)(H,35,40)(H,36,38)/b7-6-. The monoisotopic (exact) mass is 568 g/mol. The van der Waals surface area contributed by atoms with Crippen molar-refractivity contribution in [2.45, 2.75) is 19.3 Å². The Morgan fingerprint density at radius 3 is 2.48 bits per heavy atom. The van der Waals surface area contributed by atoms with E-state index < -0.39 is 5.41 Å². The van der Waals surface area contributed by atoms with Crippen molar-refractivity contribution >= 4 is 23.4 Å². The first-order valence-corrected chi connectivity index (χ1v) is 14.3. The lowest BCUT2D eigenvalue weighted by Gasteiger charge is -2.41. The lowest BCUT2D eigenvalue weighted by molar-refractivity contribution is -0.135. The molecule has 42 heavy (non-hydrogen) atoms. The molecule has 1 spiro atoms. The van der Waals surface area contributed by atoms with Gasteiger partial charge in [-0.05, 0) is 74.3 Å². The van der Waals surface area contributed by atoms with Gasteiger partial charge < -0.3 is 25.4 Å². The zero-order chi connectivity index (χ0) is 29.2. The number of benzene rings is 3. The Balaban J connectivity index is 1.19. The minimum absolute atomic E-state index is 0.0705. The summed E-state index contributed by atoms with van der Waals surface area (Å²) in [5.41, 5.74) is 0.454. The van der Waals surface area contributed by atoms with Gasteiger partial charge in [0.25, 0.3) is 5.91 Å². The van der Waals surface area contributed by atoms with E-state index in [0.29, 0.717) is 55.2 Å². The second-order valence-electron chi connectivity index (χ2n) is 10.6. The highest BCUT2D eigenvalue weighted by Gasteiger charge is 2.41. The number of para-hydroxylation sites is 2. The van der Waals surface area contributed by atoms with E-state index in [9.17, 15) is 14.4 Å². The molecular weight excluding hydrogens is 532 g/mol. The highest BCUT2D eigenvalue weighted by Crippen LogP contribution is 2.34. The van der Waals surface area contributed by atoms with Gasteiger partial charge in [-0.3, -0.25) is 19.3 Å². The van der Waals surface area contributed by atoms with Crippen LogP contribution < -0.4 is 25.4 Å². The Morgan fingerprint density at radius 2 is 1.64 bits per heavy atom. The van der Waals surface area contributed by atoms with E-state index in [1.54, 1.807) is 18.2 Å². The lowest BCUT2D eigenvalue weighted by atomic mass is 9.76. The number of allylic oxidation sites excluding steroid dienone is 1. The Morgan fingerprint density at radius 1 is 0.905 bits per heavy atom. The van der Waals surface area contributed by atoms with Crippen LogP contribution in [0.1, 0.15) is 29.6 Å². The van der Waals surface area contributed by atoms with E-state index in [-0.39, 0.29) is 30.9 Å². The predicted octanol–water partition coefficient (Wildman–Crippen LogP) is 4.38. The molecule has 0 aliphatic carbocycles. The second kappa shape index (κ2) is 13.8. The first-order valence-electron chi connectivity index (χ1n) is 14.3. The van der Waals surface area contributed by atoms with Gasteiger partial charge in [0.05, 0.1) is 17.5 Å². The number of hydrogen-bond donors (Lipinski definition) is 3. The van der Waals surface area contributed by atoms with E-state index in [4.69, 9.17) is 9.47 Å². The Labute approximate surface area is 245 Å². The van der Waals surface area contributed by atoms with Gasteiger partial charge in [-0.1, -0.05) is 42.5 Å². The molecule has 1 fully saturated rings. The first-order chi connectivity index (χ1) is 20.5. The third kappa shape index (κ3) is 7.55. The van der Waals surface area contributed by atoms with Crippen LogP contribution in [-0.4, -0.2) is 62.0 Å². The molecule has 0 aromatic heterocycles. The van der Waals surface area contributed by atoms with Crippen molar-refractivity contribution in [2.75, 3.05) is 44.6 Å². The molecule has 5 rings (SSSR count). The Bertz CT molecular complexity index is 1410. The first kappa shape index (κ1) is 28.9. The Hall–Kier alpha value is -4.63. The number of fused-ring (bicyclic) bond motifs is 1. The summed E-state index contributed by atoms with van der Waals surface area (Å²) in [4.78, 5) is 41.1. The quantitative estimate of drug-likeness (QED) is 0.394. The average Bonchev–Trinajstić information content (AvgIpc) is 3.00. The molecule has 0 radical (unpaired) electrons. The summed E-state index contributed by atoms with van der Waals surface area (Å²) in [5, 5.41) is 8.83. The zero-order valence-corrected chi connectivity index (χ0v) is 23.5. The highest BCUT2D eigenvalue weighted by molar-refractivity contribution is 5.97. The number of carbonyl (C=O) groups excluding carboxylic acids is 3. The summed E-state index contributed by atoms with van der Waals surface area (Å²) in [6.45, 7) is 2.25. The van der Waals surface area contributed by atoms with E-state index in [1.165, 1.54) is 0 Å². The van der Waals surface area contributed by atoms with Crippen LogP contribution in [0.2, 0.25) is 0 Å². The van der Waals surface area contributed by atoms with Crippen LogP contribution in [-0.2, 0) is 9.59 Å². The minimum atomic E-state index is -0.683. The molecule has 2 aliphatic heterocycles. The summed E-state index contributed by atoms with van der Waals surface area (Å²) in [6, 6.07) is 23.9. The number of anilines is 1. The summed E-state index contributed by atoms with van der Waals surface area (Å²) in [7, 11) is 0. The topological polar surface area (TPSA) is 109 Å². The molecule has 1 unspecified atom stereocenters. The summed E-state index contributed by atoms with van der Waals surface area (Å²) in [6.07, 6.45) is 5.88. The minimum Gasteiger partial charge on any atom is -0.489 e. The molecule has 2 heterocycles. The van der Waals surface area contributed by atoms with Crippen LogP contribution >= 0.6 is 0 Å². The third-order valence-corrected chi connectivity index (χ3v) is 7.46. The zero-order valence-electron chi connectivity index (χ0n) is 23.5. The van der Waals surface area contributed by atoms with Crippen LogP contribution in [0.15, 0.2) is 91.0 Å². The van der Waals surface area contributed by atoms with Crippen molar-refractivity contribution < 1.29 is 23.9 Å². The van der Waals surface area contributed by atoms with Gasteiger partial charge in [-0.2, -0.15) is 0 Å². The van der Waals surface area contributed by atoms with Crippen molar-refractivity contribution in [3.63, 3.8) is 0 Å². The largest absolute Gasteiger partial charge is 0.489 e. The van der Waals surface area contributed by atoms with Crippen molar-refractivity contribution in [1.82, 2.24) is 15.5 Å². The van der Waals surface area contributed by atoms with Crippen LogP contribution in [0.25, 0.3) is 0 Å². The molecule has 3 N–H and O–H groups in total. The highest BCUT2D eigenvalue weighted by atomic mass is 16.5. The molecule has 3 amide bonds. The number of amides is 3. The van der Waals surface area contributed by atoms with Gasteiger partial charge >= 0.3 is 0 Å². The maximum atomic E-state index is 13.5. The van der Waals surface area contributed by atoms with E-state index in [2.05, 4.69) is 16.0 Å².